The first-order chi connectivity index (χ1) is 18.8. The molecule has 1 aliphatic rings. The molecule has 0 bridgehead atoms. The van der Waals surface area contributed by atoms with Crippen LogP contribution in [0.2, 0.25) is 0 Å². The number of benzene rings is 2. The number of hydrogen-bond donors (Lipinski definition) is 0. The average molecular weight is 547 g/mol. The van der Waals surface area contributed by atoms with E-state index in [2.05, 4.69) is 15.2 Å². The Bertz CT molecular complexity index is 1570. The third kappa shape index (κ3) is 5.75. The molecule has 5 rings (SSSR count). The lowest BCUT2D eigenvalue weighted by Crippen LogP contribution is -2.31. The van der Waals surface area contributed by atoms with E-state index in [1.807, 2.05) is 0 Å². The molecule has 39 heavy (non-hydrogen) atoms. The number of nitrogens with zero attached hydrogens (tertiary/aromatic N) is 4. The number of rotatable bonds is 8. The maximum Gasteiger partial charge on any atom is 0.338 e. The van der Waals surface area contributed by atoms with Gasteiger partial charge < -0.3 is 9.15 Å². The molecule has 2 aromatic heterocycles. The molecule has 1 unspecified atom stereocenters. The predicted octanol–water partition coefficient (Wildman–Crippen LogP) is 4.04. The molecular formula is C27H19FN4O6S. The lowest BCUT2D eigenvalue weighted by molar-refractivity contribution is -0.121. The number of esters is 1. The van der Waals surface area contributed by atoms with E-state index in [4.69, 9.17) is 9.15 Å². The maximum atomic E-state index is 13.1. The van der Waals surface area contributed by atoms with Crippen molar-refractivity contribution in [3.8, 4) is 11.5 Å². The lowest BCUT2D eigenvalue weighted by atomic mass is 10.1. The molecule has 0 saturated carbocycles. The minimum absolute atomic E-state index is 0.0633. The van der Waals surface area contributed by atoms with Gasteiger partial charge in [0.05, 0.1) is 17.4 Å². The van der Waals surface area contributed by atoms with Gasteiger partial charge in [0, 0.05) is 12.0 Å². The minimum Gasteiger partial charge on any atom is -0.460 e. The van der Waals surface area contributed by atoms with E-state index in [0.717, 1.165) is 28.8 Å². The van der Waals surface area contributed by atoms with Crippen LogP contribution >= 0.6 is 11.8 Å². The Balaban J connectivity index is 1.21. The van der Waals surface area contributed by atoms with Crippen molar-refractivity contribution in [2.45, 2.75) is 23.8 Å². The smallest absolute Gasteiger partial charge is 0.338 e. The van der Waals surface area contributed by atoms with E-state index < -0.39 is 41.2 Å². The van der Waals surface area contributed by atoms with Crippen molar-refractivity contribution in [1.82, 2.24) is 15.2 Å². The summed E-state index contributed by atoms with van der Waals surface area (Å²) in [6.07, 6.45) is 1.38. The minimum atomic E-state index is -0.763. The fourth-order valence-corrected chi connectivity index (χ4v) is 4.73. The number of aryl methyl sites for hydroxylation is 1. The van der Waals surface area contributed by atoms with E-state index in [-0.39, 0.29) is 28.4 Å². The summed E-state index contributed by atoms with van der Waals surface area (Å²) in [5.41, 5.74) is 1.07. The number of carbonyl (C=O) groups excluding carboxylic acids is 4. The van der Waals surface area contributed by atoms with E-state index in [9.17, 15) is 23.6 Å². The van der Waals surface area contributed by atoms with Gasteiger partial charge in [-0.1, -0.05) is 11.8 Å². The highest BCUT2D eigenvalue weighted by Gasteiger charge is 2.41. The van der Waals surface area contributed by atoms with E-state index >= 15 is 0 Å². The first kappa shape index (κ1) is 25.9. The number of amides is 2. The number of aromatic nitrogens is 3. The van der Waals surface area contributed by atoms with Crippen molar-refractivity contribution >= 4 is 41.0 Å². The van der Waals surface area contributed by atoms with E-state index in [1.165, 1.54) is 42.6 Å². The standard InChI is InChI=1S/C27H19FN4O6S/c1-15-2-11-22(38-15)20-13-29-31-27(30-20)39-23-12-24(34)32(25(23)35)19-9-5-17(6-10-19)26(36)37-14-21(33)16-3-7-18(28)8-4-16/h2-11,13,23H,12,14H2,1H3. The molecule has 0 radical (unpaired) electrons. The molecule has 3 heterocycles. The molecule has 0 N–H and O–H groups in total. The number of furan rings is 1. The fourth-order valence-electron chi connectivity index (χ4n) is 3.80. The van der Waals surface area contributed by atoms with Crippen LogP contribution in [0.4, 0.5) is 10.1 Å². The summed E-state index contributed by atoms with van der Waals surface area (Å²) in [5.74, 6) is -1.37. The van der Waals surface area contributed by atoms with Crippen molar-refractivity contribution in [3.05, 3.63) is 89.6 Å². The van der Waals surface area contributed by atoms with Crippen LogP contribution in [0.25, 0.3) is 11.5 Å². The molecular weight excluding hydrogens is 527 g/mol. The summed E-state index contributed by atoms with van der Waals surface area (Å²) in [6.45, 7) is 1.28. The lowest BCUT2D eigenvalue weighted by Gasteiger charge is -2.15. The van der Waals surface area contributed by atoms with Gasteiger partial charge in [0.2, 0.25) is 17.0 Å². The highest BCUT2D eigenvalue weighted by Crippen LogP contribution is 2.33. The van der Waals surface area contributed by atoms with Gasteiger partial charge in [-0.15, -0.1) is 5.10 Å². The third-order valence-corrected chi connectivity index (χ3v) is 6.78. The largest absolute Gasteiger partial charge is 0.460 e. The van der Waals surface area contributed by atoms with E-state index in [0.29, 0.717) is 17.2 Å². The van der Waals surface area contributed by atoms with E-state index in [1.54, 1.807) is 19.1 Å². The van der Waals surface area contributed by atoms with Gasteiger partial charge in [0.15, 0.2) is 18.2 Å². The normalized spacial score (nSPS) is 15.0. The summed E-state index contributed by atoms with van der Waals surface area (Å²) >= 11 is 1.03. The number of ketones is 1. The number of anilines is 1. The van der Waals surface area contributed by atoms with Gasteiger partial charge in [-0.3, -0.25) is 14.4 Å². The van der Waals surface area contributed by atoms with Gasteiger partial charge >= 0.3 is 5.97 Å². The van der Waals surface area contributed by atoms with Crippen LogP contribution in [0.15, 0.2) is 76.4 Å². The van der Waals surface area contributed by atoms with Gasteiger partial charge in [-0.2, -0.15) is 5.10 Å². The Morgan fingerprint density at radius 1 is 1.05 bits per heavy atom. The van der Waals surface area contributed by atoms with Crippen LogP contribution in [-0.2, 0) is 14.3 Å². The Kier molecular flexibility index (Phi) is 7.28. The summed E-state index contributed by atoms with van der Waals surface area (Å²) in [7, 11) is 0. The van der Waals surface area contributed by atoms with Gasteiger partial charge in [-0.05, 0) is 67.6 Å². The Morgan fingerprint density at radius 3 is 2.46 bits per heavy atom. The topological polar surface area (TPSA) is 133 Å². The van der Waals surface area contributed by atoms with Gasteiger partial charge in [0.1, 0.15) is 22.5 Å². The molecule has 1 fully saturated rings. The SMILES string of the molecule is Cc1ccc(-c2cnnc(SC3CC(=O)N(c4ccc(C(=O)OCC(=O)c5ccc(F)cc5)cc4)C3=O)n2)o1. The molecule has 1 saturated heterocycles. The number of thioether (sulfide) groups is 1. The summed E-state index contributed by atoms with van der Waals surface area (Å²) in [5, 5.41) is 7.36. The molecule has 1 atom stereocenters. The number of ether oxygens (including phenoxy) is 1. The van der Waals surface area contributed by atoms with Crippen LogP contribution in [0, 0.1) is 12.7 Å². The Labute approximate surface area is 225 Å². The second-order valence-electron chi connectivity index (χ2n) is 8.47. The van der Waals surface area contributed by atoms with Crippen molar-refractivity contribution in [2.24, 2.45) is 0 Å². The Morgan fingerprint density at radius 2 is 1.77 bits per heavy atom. The summed E-state index contributed by atoms with van der Waals surface area (Å²) < 4.78 is 23.6. The monoisotopic (exact) mass is 546 g/mol. The number of Topliss-reactive ketones (excluding diaryl/α,β-unsaturated/α-hetero) is 1. The van der Waals surface area contributed by atoms with Crippen LogP contribution in [-0.4, -0.2) is 50.6 Å². The first-order valence-corrected chi connectivity index (χ1v) is 12.5. The quantitative estimate of drug-likeness (QED) is 0.181. The molecule has 4 aromatic rings. The zero-order valence-corrected chi connectivity index (χ0v) is 21.2. The third-order valence-electron chi connectivity index (χ3n) is 5.75. The highest BCUT2D eigenvalue weighted by atomic mass is 32.2. The van der Waals surface area contributed by atoms with Gasteiger partial charge in [-0.25, -0.2) is 19.1 Å². The summed E-state index contributed by atoms with van der Waals surface area (Å²) in [4.78, 5) is 55.7. The molecule has 196 valence electrons. The highest BCUT2D eigenvalue weighted by molar-refractivity contribution is 8.00. The molecule has 12 heteroatoms. The van der Waals surface area contributed by atoms with Crippen LogP contribution in [0.3, 0.4) is 0 Å². The second-order valence-corrected chi connectivity index (χ2v) is 9.64. The van der Waals surface area contributed by atoms with Crippen molar-refractivity contribution in [1.29, 1.82) is 0 Å². The Hall–Kier alpha value is -4.71. The van der Waals surface area contributed by atoms with Crippen molar-refractivity contribution in [3.63, 3.8) is 0 Å². The van der Waals surface area contributed by atoms with Crippen LogP contribution in [0.1, 0.15) is 32.9 Å². The second kappa shape index (κ2) is 11.0. The molecule has 2 amide bonds. The summed E-state index contributed by atoms with van der Waals surface area (Å²) in [6, 6.07) is 14.1. The number of halogens is 1. The maximum absolute atomic E-state index is 13.1. The van der Waals surface area contributed by atoms with Gasteiger partial charge in [0.25, 0.3) is 0 Å². The first-order valence-electron chi connectivity index (χ1n) is 11.6. The molecule has 10 nitrogen and oxygen atoms in total. The average Bonchev–Trinajstić information content (AvgIpc) is 3.49. The zero-order chi connectivity index (χ0) is 27.5. The number of imide groups is 1. The zero-order valence-electron chi connectivity index (χ0n) is 20.4. The van der Waals surface area contributed by atoms with Crippen LogP contribution in [0.5, 0.6) is 0 Å². The molecule has 0 aliphatic carbocycles. The number of hydrogen-bond acceptors (Lipinski definition) is 10. The fraction of sp³-hybridized carbons (Fsp3) is 0.148. The van der Waals surface area contributed by atoms with Crippen molar-refractivity contribution < 1.29 is 32.7 Å². The molecule has 0 spiro atoms. The number of carbonyl (C=O) groups is 4. The van der Waals surface area contributed by atoms with Crippen molar-refractivity contribution in [2.75, 3.05) is 11.5 Å². The molecule has 2 aromatic carbocycles. The van der Waals surface area contributed by atoms with Crippen LogP contribution < -0.4 is 4.90 Å². The molecule has 1 aliphatic heterocycles. The predicted molar refractivity (Wildman–Crippen MR) is 136 cm³/mol.